The molecule has 0 fully saturated rings. The van der Waals surface area contributed by atoms with Crippen LogP contribution < -0.4 is 0 Å². The standard InChI is InChI=1S/C24H16F3N5/c25-24(26,27)21-8-9-22(30-14-21)19(12-28)11-20-16-32(15-17-5-2-1-3-6-17)31-23(20)18-7-4-10-29-13-18/h1-11,13-14,16H,15H2/b19-11+. The molecule has 32 heavy (non-hydrogen) atoms. The summed E-state index contributed by atoms with van der Waals surface area (Å²) in [6, 6.07) is 17.5. The van der Waals surface area contributed by atoms with Crippen LogP contribution in [-0.4, -0.2) is 19.7 Å². The van der Waals surface area contributed by atoms with Crippen molar-refractivity contribution in [1.29, 1.82) is 5.26 Å². The summed E-state index contributed by atoms with van der Waals surface area (Å²) in [5.41, 5.74) is 2.44. The highest BCUT2D eigenvalue weighted by molar-refractivity contribution is 5.91. The van der Waals surface area contributed by atoms with Crippen molar-refractivity contribution in [3.8, 4) is 17.3 Å². The lowest BCUT2D eigenvalue weighted by atomic mass is 10.1. The lowest BCUT2D eigenvalue weighted by Gasteiger charge is -2.06. The van der Waals surface area contributed by atoms with E-state index in [9.17, 15) is 18.4 Å². The predicted octanol–water partition coefficient (Wildman–Crippen LogP) is 5.47. The molecule has 0 bridgehead atoms. The molecule has 0 saturated heterocycles. The summed E-state index contributed by atoms with van der Waals surface area (Å²) in [7, 11) is 0. The van der Waals surface area contributed by atoms with Crippen molar-refractivity contribution < 1.29 is 13.2 Å². The molecule has 0 saturated carbocycles. The van der Waals surface area contributed by atoms with Crippen LogP contribution in [-0.2, 0) is 12.7 Å². The summed E-state index contributed by atoms with van der Waals surface area (Å²) >= 11 is 0. The number of halogens is 3. The maximum atomic E-state index is 12.8. The SMILES string of the molecule is N#C/C(=C\c1cn(Cc2ccccc2)nc1-c1cccnc1)c1ccc(C(F)(F)F)cn1. The largest absolute Gasteiger partial charge is 0.417 e. The third-order valence-corrected chi connectivity index (χ3v) is 4.70. The number of nitriles is 1. The number of alkyl halides is 3. The third-order valence-electron chi connectivity index (χ3n) is 4.70. The van der Waals surface area contributed by atoms with Crippen LogP contribution in [0.2, 0.25) is 0 Å². The Hall–Kier alpha value is -4.25. The number of nitrogens with zero attached hydrogens (tertiary/aromatic N) is 5. The number of aromatic nitrogens is 4. The van der Waals surface area contributed by atoms with E-state index in [1.165, 1.54) is 6.07 Å². The van der Waals surface area contributed by atoms with Crippen molar-refractivity contribution in [3.05, 3.63) is 102 Å². The smallest absolute Gasteiger partial charge is 0.267 e. The molecule has 4 rings (SSSR count). The predicted molar refractivity (Wildman–Crippen MR) is 114 cm³/mol. The van der Waals surface area contributed by atoms with Crippen molar-refractivity contribution in [2.24, 2.45) is 0 Å². The first-order chi connectivity index (χ1) is 15.4. The fourth-order valence-electron chi connectivity index (χ4n) is 3.16. The van der Waals surface area contributed by atoms with Gasteiger partial charge in [-0.2, -0.15) is 23.5 Å². The van der Waals surface area contributed by atoms with E-state index in [1.54, 1.807) is 35.4 Å². The Morgan fingerprint density at radius 1 is 1.03 bits per heavy atom. The van der Waals surface area contributed by atoms with Gasteiger partial charge in [-0.05, 0) is 35.9 Å². The fraction of sp³-hybridized carbons (Fsp3) is 0.0833. The Labute approximate surface area is 182 Å². The highest BCUT2D eigenvalue weighted by Gasteiger charge is 2.30. The van der Waals surface area contributed by atoms with Crippen molar-refractivity contribution in [3.63, 3.8) is 0 Å². The van der Waals surface area contributed by atoms with E-state index in [0.717, 1.165) is 23.4 Å². The van der Waals surface area contributed by atoms with Gasteiger partial charge in [0.05, 0.1) is 23.4 Å². The van der Waals surface area contributed by atoms with Crippen molar-refractivity contribution in [1.82, 2.24) is 19.7 Å². The molecular formula is C24H16F3N5. The van der Waals surface area contributed by atoms with Gasteiger partial charge in [-0.15, -0.1) is 0 Å². The van der Waals surface area contributed by atoms with Gasteiger partial charge in [-0.3, -0.25) is 14.6 Å². The molecule has 0 aliphatic rings. The van der Waals surface area contributed by atoms with E-state index in [0.29, 0.717) is 17.8 Å². The minimum absolute atomic E-state index is 0.128. The summed E-state index contributed by atoms with van der Waals surface area (Å²) in [5.74, 6) is 0. The van der Waals surface area contributed by atoms with Gasteiger partial charge in [0.2, 0.25) is 0 Å². The van der Waals surface area contributed by atoms with Crippen LogP contribution in [0, 0.1) is 11.3 Å². The molecule has 8 heteroatoms. The van der Waals surface area contributed by atoms with Crippen LogP contribution in [0.1, 0.15) is 22.4 Å². The first kappa shape index (κ1) is 21.0. The second-order valence-corrected chi connectivity index (χ2v) is 6.96. The Morgan fingerprint density at radius 2 is 1.84 bits per heavy atom. The summed E-state index contributed by atoms with van der Waals surface area (Å²) in [6.07, 6.45) is 2.90. The Morgan fingerprint density at radius 3 is 2.47 bits per heavy atom. The van der Waals surface area contributed by atoms with Gasteiger partial charge in [0.15, 0.2) is 0 Å². The molecule has 0 unspecified atom stereocenters. The summed E-state index contributed by atoms with van der Waals surface area (Å²) in [5, 5.41) is 14.3. The van der Waals surface area contributed by atoms with E-state index in [-0.39, 0.29) is 11.3 Å². The maximum Gasteiger partial charge on any atom is 0.417 e. The van der Waals surface area contributed by atoms with Crippen molar-refractivity contribution in [2.75, 3.05) is 0 Å². The molecule has 0 amide bonds. The van der Waals surface area contributed by atoms with Crippen molar-refractivity contribution in [2.45, 2.75) is 12.7 Å². The zero-order valence-corrected chi connectivity index (χ0v) is 16.7. The number of hydrogen-bond donors (Lipinski definition) is 0. The molecule has 4 aromatic rings. The first-order valence-corrected chi connectivity index (χ1v) is 9.61. The van der Waals surface area contributed by atoms with Gasteiger partial charge >= 0.3 is 6.18 Å². The van der Waals surface area contributed by atoms with Gasteiger partial charge in [-0.25, -0.2) is 0 Å². The summed E-state index contributed by atoms with van der Waals surface area (Å²) in [4.78, 5) is 7.97. The quantitative estimate of drug-likeness (QED) is 0.393. The highest BCUT2D eigenvalue weighted by Crippen LogP contribution is 2.30. The topological polar surface area (TPSA) is 67.4 Å². The lowest BCUT2D eigenvalue weighted by molar-refractivity contribution is -0.137. The molecule has 158 valence electrons. The van der Waals surface area contributed by atoms with Gasteiger partial charge in [0.25, 0.3) is 0 Å². The number of rotatable bonds is 5. The Kier molecular flexibility index (Phi) is 5.81. The fourth-order valence-corrected chi connectivity index (χ4v) is 3.16. The van der Waals surface area contributed by atoms with E-state index >= 15 is 0 Å². The van der Waals surface area contributed by atoms with E-state index in [4.69, 9.17) is 0 Å². The minimum atomic E-state index is -4.49. The Balaban J connectivity index is 1.75. The molecule has 1 aromatic carbocycles. The number of pyridine rings is 2. The van der Waals surface area contributed by atoms with E-state index in [1.807, 2.05) is 42.5 Å². The summed E-state index contributed by atoms with van der Waals surface area (Å²) in [6.45, 7) is 0.516. The van der Waals surface area contributed by atoms with Gasteiger partial charge in [0, 0.05) is 35.9 Å². The zero-order valence-electron chi connectivity index (χ0n) is 16.7. The molecular weight excluding hydrogens is 415 g/mol. The molecule has 0 aliphatic carbocycles. The highest BCUT2D eigenvalue weighted by atomic mass is 19.4. The Bertz CT molecular complexity index is 1270. The zero-order chi connectivity index (χ0) is 22.6. The molecule has 3 heterocycles. The second-order valence-electron chi connectivity index (χ2n) is 6.96. The minimum Gasteiger partial charge on any atom is -0.267 e. The average molecular weight is 431 g/mol. The molecule has 3 aromatic heterocycles. The molecule has 5 nitrogen and oxygen atoms in total. The molecule has 0 aliphatic heterocycles. The molecule has 0 N–H and O–H groups in total. The van der Waals surface area contributed by atoms with Gasteiger partial charge in [0.1, 0.15) is 11.8 Å². The second kappa shape index (κ2) is 8.86. The first-order valence-electron chi connectivity index (χ1n) is 9.61. The molecule has 0 atom stereocenters. The van der Waals surface area contributed by atoms with Gasteiger partial charge in [-0.1, -0.05) is 30.3 Å². The number of allylic oxidation sites excluding steroid dienone is 1. The van der Waals surface area contributed by atoms with Crippen LogP contribution in [0.5, 0.6) is 0 Å². The monoisotopic (exact) mass is 431 g/mol. The van der Waals surface area contributed by atoms with Crippen LogP contribution >= 0.6 is 0 Å². The average Bonchev–Trinajstić information content (AvgIpc) is 3.20. The molecule has 0 radical (unpaired) electrons. The van der Waals surface area contributed by atoms with E-state index in [2.05, 4.69) is 15.1 Å². The number of benzene rings is 1. The van der Waals surface area contributed by atoms with Crippen LogP contribution in [0.4, 0.5) is 13.2 Å². The third kappa shape index (κ3) is 4.73. The van der Waals surface area contributed by atoms with E-state index < -0.39 is 11.7 Å². The summed E-state index contributed by atoms with van der Waals surface area (Å²) < 4.78 is 40.3. The van der Waals surface area contributed by atoms with Crippen LogP contribution in [0.25, 0.3) is 22.9 Å². The lowest BCUT2D eigenvalue weighted by Crippen LogP contribution is -2.05. The van der Waals surface area contributed by atoms with Crippen LogP contribution in [0.3, 0.4) is 0 Å². The van der Waals surface area contributed by atoms with Crippen LogP contribution in [0.15, 0.2) is 79.4 Å². The van der Waals surface area contributed by atoms with Crippen molar-refractivity contribution >= 4 is 11.6 Å². The van der Waals surface area contributed by atoms with Gasteiger partial charge < -0.3 is 0 Å². The maximum absolute atomic E-state index is 12.8. The number of hydrogen-bond acceptors (Lipinski definition) is 4. The normalized spacial score (nSPS) is 11.9. The molecule has 0 spiro atoms.